The number of anilines is 1. The van der Waals surface area contributed by atoms with Gasteiger partial charge in [0, 0.05) is 11.1 Å². The van der Waals surface area contributed by atoms with E-state index < -0.39 is 0 Å². The van der Waals surface area contributed by atoms with E-state index >= 15 is 0 Å². The van der Waals surface area contributed by atoms with Crippen molar-refractivity contribution in [2.24, 2.45) is 0 Å². The molecule has 1 fully saturated rings. The maximum Gasteiger partial charge on any atom is 0.264 e. The van der Waals surface area contributed by atoms with Gasteiger partial charge in [-0.15, -0.1) is 11.3 Å². The summed E-state index contributed by atoms with van der Waals surface area (Å²) in [5.41, 5.74) is 1.14. The highest BCUT2D eigenvalue weighted by atomic mass is 32.1. The average Bonchev–Trinajstić information content (AvgIpc) is 3.15. The maximum absolute atomic E-state index is 12.2. The van der Waals surface area contributed by atoms with E-state index in [4.69, 9.17) is 4.74 Å². The molecule has 5 nitrogen and oxygen atoms in total. The molecule has 3 rings (SSSR count). The second kappa shape index (κ2) is 9.14. The molecule has 1 aliphatic rings. The number of carbonyl (C=O) groups is 1. The Morgan fingerprint density at radius 1 is 1.38 bits per heavy atom. The van der Waals surface area contributed by atoms with Crippen molar-refractivity contribution in [2.45, 2.75) is 44.9 Å². The van der Waals surface area contributed by atoms with Crippen LogP contribution in [0.4, 0.5) is 5.13 Å². The number of rotatable bonds is 7. The second-order valence-corrected chi connectivity index (χ2v) is 7.84. The molecule has 6 heteroatoms. The Hall–Kier alpha value is -1.92. The predicted molar refractivity (Wildman–Crippen MR) is 106 cm³/mol. The predicted octanol–water partition coefficient (Wildman–Crippen LogP) is 4.14. The minimum absolute atomic E-state index is 0.00426. The Labute approximate surface area is 159 Å². The molecule has 2 N–H and O–H groups in total. The molecule has 0 aliphatic carbocycles. The van der Waals surface area contributed by atoms with Gasteiger partial charge in [0.2, 0.25) is 0 Å². The number of ether oxygens (including phenoxy) is 1. The van der Waals surface area contributed by atoms with Crippen molar-refractivity contribution >= 4 is 22.4 Å². The van der Waals surface area contributed by atoms with Crippen LogP contribution < -0.4 is 15.4 Å². The van der Waals surface area contributed by atoms with Crippen molar-refractivity contribution in [3.63, 3.8) is 0 Å². The molecule has 2 heterocycles. The van der Waals surface area contributed by atoms with Gasteiger partial charge in [0.1, 0.15) is 5.75 Å². The minimum Gasteiger partial charge on any atom is -0.483 e. The van der Waals surface area contributed by atoms with Crippen molar-refractivity contribution in [3.8, 4) is 5.75 Å². The third kappa shape index (κ3) is 4.83. The molecule has 1 saturated heterocycles. The SMILES string of the molecule is CCC(C)c1ccccc1OCC(=O)Nc1ncc(C2CCNCC2)s1. The highest BCUT2D eigenvalue weighted by molar-refractivity contribution is 7.15. The van der Waals surface area contributed by atoms with E-state index in [0.29, 0.717) is 17.0 Å². The van der Waals surface area contributed by atoms with Crippen LogP contribution in [0, 0.1) is 0 Å². The quantitative estimate of drug-likeness (QED) is 0.766. The molecule has 2 aromatic rings. The standard InChI is InChI=1S/C20H27N3O2S/c1-3-14(2)16-6-4-5-7-17(16)25-13-19(24)23-20-22-12-18(26-20)15-8-10-21-11-9-15/h4-7,12,14-15,21H,3,8-11,13H2,1-2H3,(H,22,23,24). The molecule has 26 heavy (non-hydrogen) atoms. The molecule has 140 valence electrons. The summed E-state index contributed by atoms with van der Waals surface area (Å²) < 4.78 is 5.77. The fraction of sp³-hybridized carbons (Fsp3) is 0.500. The van der Waals surface area contributed by atoms with E-state index in [9.17, 15) is 4.79 Å². The highest BCUT2D eigenvalue weighted by Crippen LogP contribution is 2.32. The molecular formula is C20H27N3O2S. The number of para-hydroxylation sites is 1. The number of aromatic nitrogens is 1. The lowest BCUT2D eigenvalue weighted by Crippen LogP contribution is -2.26. The van der Waals surface area contributed by atoms with Gasteiger partial charge in [0.05, 0.1) is 0 Å². The van der Waals surface area contributed by atoms with Crippen LogP contribution in [0.25, 0.3) is 0 Å². The minimum atomic E-state index is -0.171. The summed E-state index contributed by atoms with van der Waals surface area (Å²) in [6.45, 7) is 6.41. The number of hydrogen-bond acceptors (Lipinski definition) is 5. The molecule has 1 amide bonds. The first kappa shape index (κ1) is 18.9. The molecule has 1 aromatic heterocycles. The first-order valence-electron chi connectivity index (χ1n) is 9.35. The first-order chi connectivity index (χ1) is 12.7. The van der Waals surface area contributed by atoms with E-state index in [0.717, 1.165) is 43.7 Å². The van der Waals surface area contributed by atoms with Crippen molar-refractivity contribution in [1.82, 2.24) is 10.3 Å². The van der Waals surface area contributed by atoms with E-state index in [2.05, 4.69) is 35.5 Å². The van der Waals surface area contributed by atoms with Gasteiger partial charge >= 0.3 is 0 Å². The molecule has 0 radical (unpaired) electrons. The number of hydrogen-bond donors (Lipinski definition) is 2. The van der Waals surface area contributed by atoms with Crippen LogP contribution in [0.2, 0.25) is 0 Å². The fourth-order valence-corrected chi connectivity index (χ4v) is 4.18. The second-order valence-electron chi connectivity index (χ2n) is 6.78. The summed E-state index contributed by atoms with van der Waals surface area (Å²) in [6, 6.07) is 7.93. The Bertz CT molecular complexity index is 725. The molecule has 1 atom stereocenters. The van der Waals surface area contributed by atoms with Crippen LogP contribution in [0.15, 0.2) is 30.5 Å². The molecule has 0 saturated carbocycles. The van der Waals surface area contributed by atoms with Gasteiger partial charge in [-0.2, -0.15) is 0 Å². The summed E-state index contributed by atoms with van der Waals surface area (Å²) in [7, 11) is 0. The topological polar surface area (TPSA) is 63.2 Å². The Kier molecular flexibility index (Phi) is 6.63. The monoisotopic (exact) mass is 373 g/mol. The van der Waals surface area contributed by atoms with Crippen LogP contribution in [-0.2, 0) is 4.79 Å². The van der Waals surface area contributed by atoms with E-state index in [-0.39, 0.29) is 12.5 Å². The normalized spacial score (nSPS) is 16.2. The third-order valence-corrected chi connectivity index (χ3v) is 6.01. The van der Waals surface area contributed by atoms with Crippen molar-refractivity contribution in [3.05, 3.63) is 40.9 Å². The number of amides is 1. The van der Waals surface area contributed by atoms with Gasteiger partial charge in [0.15, 0.2) is 11.7 Å². The third-order valence-electron chi connectivity index (χ3n) is 4.93. The molecule has 0 spiro atoms. The average molecular weight is 374 g/mol. The van der Waals surface area contributed by atoms with Crippen molar-refractivity contribution in [2.75, 3.05) is 25.0 Å². The van der Waals surface area contributed by atoms with Gasteiger partial charge in [-0.05, 0) is 55.8 Å². The van der Waals surface area contributed by atoms with E-state index in [1.807, 2.05) is 24.4 Å². The van der Waals surface area contributed by atoms with Crippen LogP contribution in [-0.4, -0.2) is 30.6 Å². The number of nitrogens with zero attached hydrogens (tertiary/aromatic N) is 1. The van der Waals surface area contributed by atoms with Crippen molar-refractivity contribution in [1.29, 1.82) is 0 Å². The number of nitrogens with one attached hydrogen (secondary N) is 2. The summed E-state index contributed by atoms with van der Waals surface area (Å²) in [4.78, 5) is 17.9. The Balaban J connectivity index is 1.54. The van der Waals surface area contributed by atoms with Crippen LogP contribution in [0.3, 0.4) is 0 Å². The zero-order valence-electron chi connectivity index (χ0n) is 15.5. The number of carbonyl (C=O) groups excluding carboxylic acids is 1. The van der Waals surface area contributed by atoms with E-state index in [1.54, 1.807) is 11.3 Å². The maximum atomic E-state index is 12.2. The summed E-state index contributed by atoms with van der Waals surface area (Å²) in [5, 5.41) is 6.89. The van der Waals surface area contributed by atoms with Gasteiger partial charge in [0.25, 0.3) is 5.91 Å². The highest BCUT2D eigenvalue weighted by Gasteiger charge is 2.18. The smallest absolute Gasteiger partial charge is 0.264 e. The van der Waals surface area contributed by atoms with Crippen molar-refractivity contribution < 1.29 is 9.53 Å². The molecule has 1 aliphatic heterocycles. The van der Waals surface area contributed by atoms with Crippen LogP contribution >= 0.6 is 11.3 Å². The molecule has 0 bridgehead atoms. The van der Waals surface area contributed by atoms with Gasteiger partial charge in [-0.3, -0.25) is 10.1 Å². The number of piperidine rings is 1. The zero-order chi connectivity index (χ0) is 18.4. The summed E-state index contributed by atoms with van der Waals surface area (Å²) in [5.74, 6) is 1.57. The number of benzene rings is 1. The molecule has 1 unspecified atom stereocenters. The van der Waals surface area contributed by atoms with E-state index in [1.165, 1.54) is 4.88 Å². The summed E-state index contributed by atoms with van der Waals surface area (Å²) >= 11 is 1.57. The lowest BCUT2D eigenvalue weighted by atomic mass is 9.97. The first-order valence-corrected chi connectivity index (χ1v) is 10.2. The Morgan fingerprint density at radius 2 is 2.15 bits per heavy atom. The molecular weight excluding hydrogens is 346 g/mol. The Morgan fingerprint density at radius 3 is 2.92 bits per heavy atom. The van der Waals surface area contributed by atoms with Crippen LogP contribution in [0.1, 0.15) is 55.4 Å². The number of thiazole rings is 1. The zero-order valence-corrected chi connectivity index (χ0v) is 16.3. The fourth-order valence-electron chi connectivity index (χ4n) is 3.18. The lowest BCUT2D eigenvalue weighted by molar-refractivity contribution is -0.118. The van der Waals surface area contributed by atoms with Gasteiger partial charge in [-0.25, -0.2) is 4.98 Å². The summed E-state index contributed by atoms with van der Waals surface area (Å²) in [6.07, 6.45) is 5.19. The molecule has 1 aromatic carbocycles. The lowest BCUT2D eigenvalue weighted by Gasteiger charge is -2.20. The largest absolute Gasteiger partial charge is 0.483 e. The van der Waals surface area contributed by atoms with Gasteiger partial charge in [-0.1, -0.05) is 32.0 Å². The van der Waals surface area contributed by atoms with Crippen LogP contribution in [0.5, 0.6) is 5.75 Å². The van der Waals surface area contributed by atoms with Gasteiger partial charge < -0.3 is 10.1 Å².